The van der Waals surface area contributed by atoms with Crippen molar-refractivity contribution in [1.82, 2.24) is 9.78 Å². The Hall–Kier alpha value is -2.19. The normalized spacial score (nSPS) is 15.6. The molecule has 1 aliphatic rings. The number of benzene rings is 1. The molecule has 1 fully saturated rings. The number of amides is 1. The molecular formula is C19H25N3O4S. The maximum absolute atomic E-state index is 11.7. The lowest BCUT2D eigenvalue weighted by Crippen LogP contribution is -2.25. The van der Waals surface area contributed by atoms with E-state index >= 15 is 0 Å². The summed E-state index contributed by atoms with van der Waals surface area (Å²) in [6.07, 6.45) is 7.39. The molecule has 1 aromatic heterocycles. The van der Waals surface area contributed by atoms with Crippen molar-refractivity contribution < 1.29 is 18.3 Å². The first kappa shape index (κ1) is 19.6. The van der Waals surface area contributed by atoms with Crippen LogP contribution in [0.4, 0.5) is 5.82 Å². The molecule has 1 aliphatic carbocycles. The number of hydrogen-bond donors (Lipinski definition) is 1. The molecule has 0 saturated heterocycles. The van der Waals surface area contributed by atoms with Gasteiger partial charge in [-0.3, -0.25) is 14.4 Å². The second-order valence-corrected chi connectivity index (χ2v) is 8.96. The highest BCUT2D eigenvalue weighted by atomic mass is 32.2. The van der Waals surface area contributed by atoms with Gasteiger partial charge in [-0.05, 0) is 30.5 Å². The minimum atomic E-state index is -3.26. The van der Waals surface area contributed by atoms with Gasteiger partial charge in [0.25, 0.3) is 0 Å². The van der Waals surface area contributed by atoms with Gasteiger partial charge in [0, 0.05) is 12.3 Å². The largest absolute Gasteiger partial charge is 0.395 e. The summed E-state index contributed by atoms with van der Waals surface area (Å²) in [4.78, 5) is 13.0. The molecule has 2 aromatic rings. The first-order valence-electron chi connectivity index (χ1n) is 9.17. The summed E-state index contributed by atoms with van der Waals surface area (Å²) in [6.45, 7) is 0.0328. The van der Waals surface area contributed by atoms with Gasteiger partial charge in [0.05, 0.1) is 29.8 Å². The van der Waals surface area contributed by atoms with Crippen molar-refractivity contribution in [2.45, 2.75) is 43.0 Å². The number of aliphatic hydroxyl groups excluding tert-OH is 1. The van der Waals surface area contributed by atoms with Gasteiger partial charge in [-0.2, -0.15) is 5.10 Å². The van der Waals surface area contributed by atoms with Gasteiger partial charge in [0.1, 0.15) is 0 Å². The number of carbonyl (C=O) groups excluding carboxylic acids is 1. The maximum Gasteiger partial charge on any atom is 0.215 e. The number of aliphatic hydroxyl groups is 1. The quantitative estimate of drug-likeness (QED) is 0.732. The van der Waals surface area contributed by atoms with Crippen LogP contribution >= 0.6 is 0 Å². The minimum absolute atomic E-state index is 0.145. The third-order valence-corrected chi connectivity index (χ3v) is 6.11. The number of carbonyl (C=O) groups is 1. The number of hydrogen-bond acceptors (Lipinski definition) is 5. The zero-order chi connectivity index (χ0) is 19.4. The summed E-state index contributed by atoms with van der Waals surface area (Å²) < 4.78 is 25.4. The maximum atomic E-state index is 11.7. The highest BCUT2D eigenvalue weighted by molar-refractivity contribution is 7.90. The minimum Gasteiger partial charge on any atom is -0.395 e. The third kappa shape index (κ3) is 4.39. The fourth-order valence-corrected chi connectivity index (χ4v) is 4.17. The molecule has 0 bridgehead atoms. The van der Waals surface area contributed by atoms with Crippen molar-refractivity contribution in [2.24, 2.45) is 0 Å². The van der Waals surface area contributed by atoms with E-state index in [1.54, 1.807) is 24.3 Å². The smallest absolute Gasteiger partial charge is 0.215 e. The van der Waals surface area contributed by atoms with Gasteiger partial charge >= 0.3 is 0 Å². The Morgan fingerprint density at radius 2 is 1.89 bits per heavy atom. The molecule has 1 amide bonds. The van der Waals surface area contributed by atoms with E-state index in [0.29, 0.717) is 12.2 Å². The number of aromatic nitrogens is 2. The first-order chi connectivity index (χ1) is 12.9. The van der Waals surface area contributed by atoms with E-state index in [-0.39, 0.29) is 24.1 Å². The SMILES string of the molecule is CS(=O)(=O)c1ccc(-c2cc(N(C=O)CCO)nn2C2CCCCC2)cc1. The second kappa shape index (κ2) is 8.22. The Morgan fingerprint density at radius 3 is 2.44 bits per heavy atom. The molecule has 0 atom stereocenters. The molecule has 0 aliphatic heterocycles. The lowest BCUT2D eigenvalue weighted by Gasteiger charge is -2.24. The fourth-order valence-electron chi connectivity index (χ4n) is 3.54. The number of nitrogens with zero attached hydrogens (tertiary/aromatic N) is 3. The van der Waals surface area contributed by atoms with E-state index in [1.807, 2.05) is 10.7 Å². The lowest BCUT2D eigenvalue weighted by atomic mass is 9.95. The monoisotopic (exact) mass is 391 g/mol. The molecular weight excluding hydrogens is 366 g/mol. The lowest BCUT2D eigenvalue weighted by molar-refractivity contribution is -0.107. The number of anilines is 1. The van der Waals surface area contributed by atoms with Crippen LogP contribution in [-0.2, 0) is 14.6 Å². The van der Waals surface area contributed by atoms with Crippen LogP contribution in [0, 0.1) is 0 Å². The Labute approximate surface area is 159 Å². The Bertz CT molecular complexity index is 884. The van der Waals surface area contributed by atoms with E-state index in [2.05, 4.69) is 5.10 Å². The van der Waals surface area contributed by atoms with Crippen LogP contribution in [0.25, 0.3) is 11.3 Å². The number of rotatable bonds is 7. The summed E-state index contributed by atoms with van der Waals surface area (Å²) in [7, 11) is -3.26. The van der Waals surface area contributed by atoms with Gasteiger partial charge in [-0.15, -0.1) is 0 Å². The average Bonchev–Trinajstić information content (AvgIpc) is 3.11. The van der Waals surface area contributed by atoms with Crippen molar-refractivity contribution in [1.29, 1.82) is 0 Å². The van der Waals surface area contributed by atoms with Crippen LogP contribution in [0.5, 0.6) is 0 Å². The fraction of sp³-hybridized carbons (Fsp3) is 0.474. The summed E-state index contributed by atoms with van der Waals surface area (Å²) in [5, 5.41) is 13.8. The zero-order valence-corrected chi connectivity index (χ0v) is 16.2. The summed E-state index contributed by atoms with van der Waals surface area (Å²) in [5.74, 6) is 0.492. The molecule has 0 unspecified atom stereocenters. The first-order valence-corrected chi connectivity index (χ1v) is 11.1. The number of sulfone groups is 1. The topological polar surface area (TPSA) is 92.5 Å². The van der Waals surface area contributed by atoms with Crippen LogP contribution in [0.1, 0.15) is 38.1 Å². The Kier molecular flexibility index (Phi) is 5.96. The van der Waals surface area contributed by atoms with Crippen molar-refractivity contribution >= 4 is 22.1 Å². The molecule has 1 aromatic carbocycles. The average molecular weight is 391 g/mol. The molecule has 146 valence electrons. The van der Waals surface area contributed by atoms with E-state index in [9.17, 15) is 18.3 Å². The van der Waals surface area contributed by atoms with Gasteiger partial charge in [0.15, 0.2) is 15.7 Å². The predicted octanol–water partition coefficient (Wildman–Crippen LogP) is 2.41. The standard InChI is InChI=1S/C19H25N3O4S/c1-27(25,26)17-9-7-15(8-10-17)18-13-19(21(14-24)11-12-23)20-22(18)16-5-3-2-4-6-16/h7-10,13-14,16,23H,2-6,11-12H2,1H3. The van der Waals surface area contributed by atoms with Crippen LogP contribution in [0.2, 0.25) is 0 Å². The van der Waals surface area contributed by atoms with Crippen LogP contribution in [0.15, 0.2) is 35.2 Å². The highest BCUT2D eigenvalue weighted by Gasteiger charge is 2.22. The van der Waals surface area contributed by atoms with Crippen molar-refractivity contribution in [2.75, 3.05) is 24.3 Å². The van der Waals surface area contributed by atoms with Crippen LogP contribution < -0.4 is 4.90 Å². The van der Waals surface area contributed by atoms with Crippen LogP contribution in [0.3, 0.4) is 0 Å². The highest BCUT2D eigenvalue weighted by Crippen LogP contribution is 2.34. The summed E-state index contributed by atoms with van der Waals surface area (Å²) in [6, 6.07) is 8.80. The molecule has 7 nitrogen and oxygen atoms in total. The molecule has 0 radical (unpaired) electrons. The Morgan fingerprint density at radius 1 is 1.22 bits per heavy atom. The van der Waals surface area contributed by atoms with Gasteiger partial charge in [-0.1, -0.05) is 31.4 Å². The van der Waals surface area contributed by atoms with Gasteiger partial charge in [-0.25, -0.2) is 8.42 Å². The van der Waals surface area contributed by atoms with Crippen molar-refractivity contribution in [3.63, 3.8) is 0 Å². The summed E-state index contributed by atoms with van der Waals surface area (Å²) in [5.41, 5.74) is 1.70. The van der Waals surface area contributed by atoms with E-state index in [0.717, 1.165) is 36.9 Å². The third-order valence-electron chi connectivity index (χ3n) is 4.98. The molecule has 1 N–H and O–H groups in total. The zero-order valence-electron chi connectivity index (χ0n) is 15.4. The second-order valence-electron chi connectivity index (χ2n) is 6.94. The van der Waals surface area contributed by atoms with Crippen molar-refractivity contribution in [3.05, 3.63) is 30.3 Å². The van der Waals surface area contributed by atoms with Gasteiger partial charge < -0.3 is 5.11 Å². The van der Waals surface area contributed by atoms with Crippen molar-refractivity contribution in [3.8, 4) is 11.3 Å². The predicted molar refractivity (Wildman–Crippen MR) is 103 cm³/mol. The molecule has 27 heavy (non-hydrogen) atoms. The van der Waals surface area contributed by atoms with Gasteiger partial charge in [0.2, 0.25) is 6.41 Å². The van der Waals surface area contributed by atoms with Crippen LogP contribution in [-0.4, -0.2) is 49.1 Å². The van der Waals surface area contributed by atoms with E-state index < -0.39 is 9.84 Å². The summed E-state index contributed by atoms with van der Waals surface area (Å²) >= 11 is 0. The molecule has 0 spiro atoms. The molecule has 1 saturated carbocycles. The Balaban J connectivity index is 2.03. The molecule has 3 rings (SSSR count). The van der Waals surface area contributed by atoms with E-state index in [1.165, 1.54) is 17.6 Å². The van der Waals surface area contributed by atoms with E-state index in [4.69, 9.17) is 0 Å². The molecule has 1 heterocycles. The molecule has 8 heteroatoms.